The van der Waals surface area contributed by atoms with Gasteiger partial charge >= 0.3 is 5.97 Å². The molecule has 9 heteroatoms. The molecule has 0 aliphatic heterocycles. The van der Waals surface area contributed by atoms with Crippen LogP contribution in [0.5, 0.6) is 0 Å². The average Bonchev–Trinajstić information content (AvgIpc) is 2.98. The van der Waals surface area contributed by atoms with Crippen LogP contribution in [0.3, 0.4) is 0 Å². The van der Waals surface area contributed by atoms with Gasteiger partial charge in [-0.3, -0.25) is 14.2 Å². The molecule has 0 saturated carbocycles. The Morgan fingerprint density at radius 1 is 1.33 bits per heavy atom. The lowest BCUT2D eigenvalue weighted by Crippen LogP contribution is -2.27. The van der Waals surface area contributed by atoms with Gasteiger partial charge in [-0.25, -0.2) is 9.78 Å². The maximum atomic E-state index is 12.6. The number of anilines is 1. The van der Waals surface area contributed by atoms with Crippen molar-refractivity contribution >= 4 is 55.0 Å². The van der Waals surface area contributed by atoms with E-state index in [4.69, 9.17) is 4.74 Å². The molecule has 0 spiro atoms. The summed E-state index contributed by atoms with van der Waals surface area (Å²) in [5, 5.41) is 3.66. The third-order valence-electron chi connectivity index (χ3n) is 3.74. The van der Waals surface area contributed by atoms with Gasteiger partial charge in [0.05, 0.1) is 28.8 Å². The highest BCUT2D eigenvalue weighted by molar-refractivity contribution is 9.10. The summed E-state index contributed by atoms with van der Waals surface area (Å²) in [4.78, 5) is 41.4. The number of carbonyl (C=O) groups is 2. The quantitative estimate of drug-likeness (QED) is 0.603. The molecule has 0 unspecified atom stereocenters. The Balaban J connectivity index is 1.78. The highest BCUT2D eigenvalue weighted by atomic mass is 79.9. The van der Waals surface area contributed by atoms with E-state index in [0.717, 1.165) is 21.4 Å². The van der Waals surface area contributed by atoms with Crippen LogP contribution in [-0.4, -0.2) is 28.0 Å². The largest absolute Gasteiger partial charge is 0.462 e. The molecule has 1 N–H and O–H groups in total. The van der Waals surface area contributed by atoms with E-state index in [1.807, 2.05) is 0 Å². The van der Waals surface area contributed by atoms with Crippen molar-refractivity contribution in [2.45, 2.75) is 20.4 Å². The number of hydrogen-bond acceptors (Lipinski definition) is 6. The van der Waals surface area contributed by atoms with Crippen molar-refractivity contribution < 1.29 is 14.3 Å². The molecule has 0 aliphatic carbocycles. The summed E-state index contributed by atoms with van der Waals surface area (Å²) in [5.74, 6) is -0.800. The molecule has 0 atom stereocenters. The second-order valence-electron chi connectivity index (χ2n) is 5.73. The Hall–Kier alpha value is -2.52. The van der Waals surface area contributed by atoms with Gasteiger partial charge in [-0.05, 0) is 43.7 Å². The first-order valence-corrected chi connectivity index (χ1v) is 9.72. The number of hydrogen-bond donors (Lipinski definition) is 1. The number of carbonyl (C=O) groups excluding carboxylic acids is 2. The first kappa shape index (κ1) is 19.2. The van der Waals surface area contributed by atoms with Crippen molar-refractivity contribution in [3.05, 3.63) is 55.9 Å². The summed E-state index contributed by atoms with van der Waals surface area (Å²) < 4.78 is 7.00. The van der Waals surface area contributed by atoms with Crippen LogP contribution < -0.4 is 10.9 Å². The van der Waals surface area contributed by atoms with E-state index in [2.05, 4.69) is 26.2 Å². The zero-order valence-electron chi connectivity index (χ0n) is 14.6. The fourth-order valence-electron chi connectivity index (χ4n) is 2.52. The van der Waals surface area contributed by atoms with Crippen LogP contribution in [0.15, 0.2) is 39.9 Å². The van der Waals surface area contributed by atoms with Gasteiger partial charge in [-0.2, -0.15) is 0 Å². The second-order valence-corrected chi connectivity index (χ2v) is 7.70. The highest BCUT2D eigenvalue weighted by Crippen LogP contribution is 2.27. The number of aryl methyl sites for hydroxylation is 1. The Bertz CT molecular complexity index is 1090. The Morgan fingerprint density at radius 2 is 2.11 bits per heavy atom. The molecule has 3 aromatic rings. The standard InChI is InChI=1S/C18H16BrN3O4S/c1-3-26-18(25)16-10(2)6-15(27-16)21-14(23)8-22-9-20-13-5-4-11(19)7-12(13)17(22)24/h4-7,9H,3,8H2,1-2H3,(H,21,23). The van der Waals surface area contributed by atoms with Gasteiger partial charge in [0.25, 0.3) is 5.56 Å². The first-order chi connectivity index (χ1) is 12.9. The van der Waals surface area contributed by atoms with E-state index in [1.165, 1.54) is 10.9 Å². The third kappa shape index (κ3) is 4.25. The minimum Gasteiger partial charge on any atom is -0.462 e. The molecule has 0 saturated heterocycles. The fourth-order valence-corrected chi connectivity index (χ4v) is 3.86. The van der Waals surface area contributed by atoms with Gasteiger partial charge in [0, 0.05) is 4.47 Å². The smallest absolute Gasteiger partial charge is 0.348 e. The van der Waals surface area contributed by atoms with Crippen molar-refractivity contribution in [2.24, 2.45) is 0 Å². The van der Waals surface area contributed by atoms with Gasteiger partial charge in [0.1, 0.15) is 11.4 Å². The lowest BCUT2D eigenvalue weighted by atomic mass is 10.2. The summed E-state index contributed by atoms with van der Waals surface area (Å²) in [6.07, 6.45) is 1.35. The maximum absolute atomic E-state index is 12.6. The van der Waals surface area contributed by atoms with E-state index in [0.29, 0.717) is 20.8 Å². The van der Waals surface area contributed by atoms with Crippen molar-refractivity contribution in [1.82, 2.24) is 9.55 Å². The van der Waals surface area contributed by atoms with E-state index in [9.17, 15) is 14.4 Å². The van der Waals surface area contributed by atoms with Crippen LogP contribution in [0.4, 0.5) is 5.00 Å². The molecule has 3 rings (SSSR count). The minimum atomic E-state index is -0.416. The lowest BCUT2D eigenvalue weighted by molar-refractivity contribution is -0.116. The normalized spacial score (nSPS) is 10.8. The molecule has 140 valence electrons. The first-order valence-electron chi connectivity index (χ1n) is 8.11. The predicted molar refractivity (Wildman–Crippen MR) is 107 cm³/mol. The topological polar surface area (TPSA) is 90.3 Å². The lowest BCUT2D eigenvalue weighted by Gasteiger charge is -2.07. The number of nitrogens with one attached hydrogen (secondary N) is 1. The van der Waals surface area contributed by atoms with Crippen molar-refractivity contribution in [3.8, 4) is 0 Å². The molecule has 2 aromatic heterocycles. The van der Waals surface area contributed by atoms with Crippen molar-refractivity contribution in [3.63, 3.8) is 0 Å². The van der Waals surface area contributed by atoms with Crippen LogP contribution in [-0.2, 0) is 16.1 Å². The third-order valence-corrected chi connectivity index (χ3v) is 5.37. The van der Waals surface area contributed by atoms with E-state index in [-0.39, 0.29) is 24.6 Å². The number of esters is 1. The monoisotopic (exact) mass is 449 g/mol. The van der Waals surface area contributed by atoms with Crippen LogP contribution in [0, 0.1) is 6.92 Å². The van der Waals surface area contributed by atoms with Crippen LogP contribution in [0.2, 0.25) is 0 Å². The van der Waals surface area contributed by atoms with Gasteiger partial charge in [-0.1, -0.05) is 15.9 Å². The number of fused-ring (bicyclic) bond motifs is 1. The summed E-state index contributed by atoms with van der Waals surface area (Å²) in [6.45, 7) is 3.61. The molecular formula is C18H16BrN3O4S. The van der Waals surface area contributed by atoms with Crippen molar-refractivity contribution in [2.75, 3.05) is 11.9 Å². The Kier molecular flexibility index (Phi) is 5.71. The molecular weight excluding hydrogens is 434 g/mol. The molecule has 1 aromatic carbocycles. The van der Waals surface area contributed by atoms with Gasteiger partial charge in [0.15, 0.2) is 0 Å². The molecule has 0 aliphatic rings. The predicted octanol–water partition coefficient (Wildman–Crippen LogP) is 3.34. The van der Waals surface area contributed by atoms with Crippen molar-refractivity contribution in [1.29, 1.82) is 0 Å². The molecule has 27 heavy (non-hydrogen) atoms. The van der Waals surface area contributed by atoms with Gasteiger partial charge < -0.3 is 10.1 Å². The highest BCUT2D eigenvalue weighted by Gasteiger charge is 2.16. The summed E-state index contributed by atoms with van der Waals surface area (Å²) in [5.41, 5.74) is 0.988. The Morgan fingerprint density at radius 3 is 2.85 bits per heavy atom. The van der Waals surface area contributed by atoms with E-state index >= 15 is 0 Å². The molecule has 7 nitrogen and oxygen atoms in total. The zero-order valence-corrected chi connectivity index (χ0v) is 17.0. The molecule has 0 radical (unpaired) electrons. The number of halogens is 1. The number of thiophene rings is 1. The summed E-state index contributed by atoms with van der Waals surface area (Å²) >= 11 is 4.47. The molecule has 2 heterocycles. The maximum Gasteiger partial charge on any atom is 0.348 e. The Labute approximate surface area is 167 Å². The average molecular weight is 450 g/mol. The summed E-state index contributed by atoms with van der Waals surface area (Å²) in [7, 11) is 0. The number of rotatable bonds is 5. The molecule has 1 amide bonds. The van der Waals surface area contributed by atoms with E-state index < -0.39 is 5.97 Å². The number of nitrogens with zero attached hydrogens (tertiary/aromatic N) is 2. The summed E-state index contributed by atoms with van der Waals surface area (Å²) in [6, 6.07) is 6.91. The number of aromatic nitrogens is 2. The zero-order chi connectivity index (χ0) is 19.6. The van der Waals surface area contributed by atoms with Crippen LogP contribution >= 0.6 is 27.3 Å². The fraction of sp³-hybridized carbons (Fsp3) is 0.222. The number of amides is 1. The van der Waals surface area contributed by atoms with Gasteiger partial charge in [-0.15, -0.1) is 11.3 Å². The van der Waals surface area contributed by atoms with E-state index in [1.54, 1.807) is 38.1 Å². The SMILES string of the molecule is CCOC(=O)c1sc(NC(=O)Cn2cnc3ccc(Br)cc3c2=O)cc1C. The second kappa shape index (κ2) is 8.01. The molecule has 0 fully saturated rings. The minimum absolute atomic E-state index is 0.181. The van der Waals surface area contributed by atoms with Crippen LogP contribution in [0.25, 0.3) is 10.9 Å². The number of ether oxygens (including phenoxy) is 1. The van der Waals surface area contributed by atoms with Crippen LogP contribution in [0.1, 0.15) is 22.2 Å². The molecule has 0 bridgehead atoms. The number of benzene rings is 1. The van der Waals surface area contributed by atoms with Gasteiger partial charge in [0.2, 0.25) is 5.91 Å².